The van der Waals surface area contributed by atoms with Gasteiger partial charge in [0.15, 0.2) is 11.4 Å². The summed E-state index contributed by atoms with van der Waals surface area (Å²) in [5.74, 6) is 0.975. The molecule has 1 aromatic rings. The number of carbonyl (C=O) groups excluding carboxylic acids is 3. The number of ketones is 1. The second-order valence-electron chi connectivity index (χ2n) is 12.8. The number of methoxy groups -OCH3 is 1. The molecule has 0 radical (unpaired) electrons. The number of fused-ring (bicyclic) bond motifs is 1. The van der Waals surface area contributed by atoms with Gasteiger partial charge in [0.2, 0.25) is 0 Å². The Hall–Kier alpha value is -3.14. The summed E-state index contributed by atoms with van der Waals surface area (Å²) in [4.78, 5) is 41.5. The molecule has 2 amide bonds. The molecule has 40 heavy (non-hydrogen) atoms. The van der Waals surface area contributed by atoms with Crippen LogP contribution in [-0.2, 0) is 25.4 Å². The van der Waals surface area contributed by atoms with Crippen molar-refractivity contribution in [2.24, 2.45) is 4.99 Å². The highest BCUT2D eigenvalue weighted by molar-refractivity contribution is 6.04. The number of nitrogens with zero attached hydrogens (tertiary/aromatic N) is 1. The van der Waals surface area contributed by atoms with Gasteiger partial charge in [-0.2, -0.15) is 4.99 Å². The average molecular weight is 560 g/mol. The van der Waals surface area contributed by atoms with Gasteiger partial charge in [0, 0.05) is 24.8 Å². The first kappa shape index (κ1) is 31.4. The third kappa shape index (κ3) is 8.43. The third-order valence-electron chi connectivity index (χ3n) is 7.11. The Bertz CT molecular complexity index is 1140. The highest BCUT2D eigenvalue weighted by atomic mass is 16.6. The minimum Gasteiger partial charge on any atom is -0.487 e. The van der Waals surface area contributed by atoms with Crippen molar-refractivity contribution in [1.29, 1.82) is 0 Å². The van der Waals surface area contributed by atoms with E-state index in [9.17, 15) is 14.4 Å². The predicted molar refractivity (Wildman–Crippen MR) is 152 cm³/mol. The Morgan fingerprint density at radius 1 is 0.925 bits per heavy atom. The predicted octanol–water partition coefficient (Wildman–Crippen LogP) is 5.09. The zero-order chi connectivity index (χ0) is 29.9. The number of Topliss-reactive ketones (excluding diaryl/α,β-unsaturated/α-hetero) is 1. The van der Waals surface area contributed by atoms with Gasteiger partial charge in [-0.05, 0) is 111 Å². The van der Waals surface area contributed by atoms with E-state index in [1.807, 2.05) is 39.0 Å². The number of nitrogens with one attached hydrogen (secondary N) is 2. The second kappa shape index (κ2) is 12.2. The Morgan fingerprint density at radius 2 is 1.55 bits per heavy atom. The Morgan fingerprint density at radius 3 is 2.12 bits per heavy atom. The maximum Gasteiger partial charge on any atom is 0.436 e. The van der Waals surface area contributed by atoms with Crippen LogP contribution >= 0.6 is 0 Å². The summed E-state index contributed by atoms with van der Waals surface area (Å²) in [7, 11) is 1.52. The first-order valence-electron chi connectivity index (χ1n) is 13.9. The summed E-state index contributed by atoms with van der Waals surface area (Å²) in [5.41, 5.74) is -0.627. The van der Waals surface area contributed by atoms with E-state index in [0.29, 0.717) is 30.8 Å². The van der Waals surface area contributed by atoms with Crippen LogP contribution in [0.25, 0.3) is 0 Å². The Kier molecular flexibility index (Phi) is 9.54. The molecule has 222 valence electrons. The summed E-state index contributed by atoms with van der Waals surface area (Å²) < 4.78 is 22.6. The fraction of sp³-hybridized carbons (Fsp3) is 0.667. The van der Waals surface area contributed by atoms with Gasteiger partial charge in [0.05, 0.1) is 0 Å². The van der Waals surface area contributed by atoms with Gasteiger partial charge in [0.1, 0.15) is 28.9 Å². The second-order valence-corrected chi connectivity index (χ2v) is 12.8. The van der Waals surface area contributed by atoms with Gasteiger partial charge in [-0.25, -0.2) is 9.59 Å². The molecule has 2 N–H and O–H groups in total. The van der Waals surface area contributed by atoms with E-state index in [-0.39, 0.29) is 17.9 Å². The molecular weight excluding hydrogens is 514 g/mol. The number of aliphatic imine (C=N–C) groups is 1. The topological polar surface area (TPSA) is 125 Å². The van der Waals surface area contributed by atoms with Crippen LogP contribution in [0.15, 0.2) is 23.2 Å². The molecule has 0 aromatic heterocycles. The summed E-state index contributed by atoms with van der Waals surface area (Å²) in [6, 6.07) is 5.54. The van der Waals surface area contributed by atoms with Crippen molar-refractivity contribution in [2.45, 2.75) is 122 Å². The molecule has 0 spiro atoms. The number of amidine groups is 1. The van der Waals surface area contributed by atoms with E-state index < -0.39 is 35.1 Å². The van der Waals surface area contributed by atoms with Gasteiger partial charge < -0.3 is 29.6 Å². The number of hydrogen-bond acceptors (Lipinski definition) is 7. The lowest BCUT2D eigenvalue weighted by Crippen LogP contribution is -2.51. The fourth-order valence-electron chi connectivity index (χ4n) is 4.89. The molecule has 0 unspecified atom stereocenters. The zero-order valence-electron chi connectivity index (χ0n) is 25.3. The van der Waals surface area contributed by atoms with Gasteiger partial charge in [-0.1, -0.05) is 0 Å². The monoisotopic (exact) mass is 559 g/mol. The summed E-state index contributed by atoms with van der Waals surface area (Å²) in [6.07, 6.45) is 1.94. The number of ether oxygens (including phenoxy) is 4. The number of benzene rings is 1. The van der Waals surface area contributed by atoms with Crippen molar-refractivity contribution in [3.8, 4) is 5.75 Å². The molecule has 0 saturated heterocycles. The van der Waals surface area contributed by atoms with E-state index in [0.717, 1.165) is 24.0 Å². The van der Waals surface area contributed by atoms with Crippen LogP contribution in [-0.4, -0.2) is 65.9 Å². The Labute approximate surface area is 237 Å². The number of alkyl carbamates (subject to hydrolysis) is 1. The summed E-state index contributed by atoms with van der Waals surface area (Å²) >= 11 is 0. The number of aryl methyl sites for hydroxylation is 1. The first-order chi connectivity index (χ1) is 18.5. The summed E-state index contributed by atoms with van der Waals surface area (Å²) in [6.45, 7) is 14.1. The van der Waals surface area contributed by atoms with Crippen molar-refractivity contribution in [3.05, 3.63) is 29.3 Å². The molecular formula is C30H45N3O7. The molecule has 1 aliphatic heterocycles. The van der Waals surface area contributed by atoms with Gasteiger partial charge in [-0.15, -0.1) is 0 Å². The average Bonchev–Trinajstić information content (AvgIpc) is 3.26. The van der Waals surface area contributed by atoms with Crippen LogP contribution in [0.2, 0.25) is 0 Å². The van der Waals surface area contributed by atoms with E-state index >= 15 is 0 Å². The molecule has 1 heterocycles. The molecule has 1 aliphatic carbocycles. The standard InChI is InChI=1S/C30H45N3O7/c1-18(34)30(8,37-9)24-15-11-19-16-20(10-14-23(19)38-24)25(33-27(36)40-29(5,6)7)31-21-12-13-22(17-21)32-26(35)39-28(2,3)4/h10,14,16,21-22,24H,11-13,15,17H2,1-9H3,(H,32,35)(H,31,33,36)/t21-,22+,24-,30-/m1/s1. The van der Waals surface area contributed by atoms with Gasteiger partial charge in [-0.3, -0.25) is 4.79 Å². The van der Waals surface area contributed by atoms with E-state index in [4.69, 9.17) is 18.9 Å². The van der Waals surface area contributed by atoms with Gasteiger partial charge >= 0.3 is 12.2 Å². The largest absolute Gasteiger partial charge is 0.487 e. The smallest absolute Gasteiger partial charge is 0.436 e. The summed E-state index contributed by atoms with van der Waals surface area (Å²) in [5, 5.41) is 6.35. The van der Waals surface area contributed by atoms with Crippen LogP contribution in [0.1, 0.15) is 92.2 Å². The SMILES string of the molecule is CO[C@](C)(C(C)=O)[C@H]1CCc2cc(/C(=N\C(=O)OC(C)(C)C)N[C@@H]3CC[C@H](NC(=O)OC(C)(C)C)C3)ccc2O1. The van der Waals surface area contributed by atoms with Crippen LogP contribution in [0.3, 0.4) is 0 Å². The molecule has 1 aromatic carbocycles. The molecule has 1 fully saturated rings. The van der Waals surface area contributed by atoms with E-state index in [1.54, 1.807) is 27.7 Å². The number of carbonyl (C=O) groups is 3. The van der Waals surface area contributed by atoms with E-state index in [1.165, 1.54) is 14.0 Å². The minimum absolute atomic E-state index is 0.0178. The van der Waals surface area contributed by atoms with Gasteiger partial charge in [0.25, 0.3) is 0 Å². The molecule has 3 rings (SSSR count). The van der Waals surface area contributed by atoms with E-state index in [2.05, 4.69) is 15.6 Å². The molecule has 10 heteroatoms. The minimum atomic E-state index is -1.03. The lowest BCUT2D eigenvalue weighted by molar-refractivity contribution is -0.149. The van der Waals surface area contributed by atoms with Crippen molar-refractivity contribution in [3.63, 3.8) is 0 Å². The van der Waals surface area contributed by atoms with Crippen molar-refractivity contribution in [2.75, 3.05) is 7.11 Å². The van der Waals surface area contributed by atoms with Crippen LogP contribution in [0.4, 0.5) is 9.59 Å². The first-order valence-corrected chi connectivity index (χ1v) is 13.9. The lowest BCUT2D eigenvalue weighted by Gasteiger charge is -2.37. The molecule has 0 bridgehead atoms. The van der Waals surface area contributed by atoms with Crippen LogP contribution in [0, 0.1) is 0 Å². The third-order valence-corrected chi connectivity index (χ3v) is 7.11. The number of hydrogen-bond donors (Lipinski definition) is 2. The highest BCUT2D eigenvalue weighted by Crippen LogP contribution is 2.34. The molecule has 10 nitrogen and oxygen atoms in total. The highest BCUT2D eigenvalue weighted by Gasteiger charge is 2.42. The van der Waals surface area contributed by atoms with Crippen LogP contribution < -0.4 is 15.4 Å². The molecule has 2 aliphatic rings. The van der Waals surface area contributed by atoms with Crippen molar-refractivity contribution >= 4 is 23.8 Å². The quantitative estimate of drug-likeness (QED) is 0.365. The number of rotatable bonds is 6. The lowest BCUT2D eigenvalue weighted by atomic mass is 9.87. The van der Waals surface area contributed by atoms with Crippen LogP contribution in [0.5, 0.6) is 5.75 Å². The maximum absolute atomic E-state index is 12.7. The maximum atomic E-state index is 12.7. The van der Waals surface area contributed by atoms with Crippen molar-refractivity contribution < 1.29 is 33.3 Å². The Balaban J connectivity index is 1.79. The zero-order valence-corrected chi connectivity index (χ0v) is 25.3. The molecule has 1 saturated carbocycles. The molecule has 4 atom stereocenters. The normalized spacial score (nSPS) is 22.8. The van der Waals surface area contributed by atoms with Crippen molar-refractivity contribution in [1.82, 2.24) is 10.6 Å². The fourth-order valence-corrected chi connectivity index (χ4v) is 4.89. The number of amides is 2.